The largest absolute Gasteiger partial charge is 0.508 e. The molecule has 0 saturated heterocycles. The summed E-state index contributed by atoms with van der Waals surface area (Å²) in [6, 6.07) is 7.59. The van der Waals surface area contributed by atoms with Crippen LogP contribution in [-0.2, 0) is 44.8 Å². The van der Waals surface area contributed by atoms with Gasteiger partial charge in [-0.1, -0.05) is 47.5 Å². The van der Waals surface area contributed by atoms with E-state index in [1.165, 1.54) is 48.5 Å². The van der Waals surface area contributed by atoms with Crippen molar-refractivity contribution in [3.05, 3.63) is 164 Å². The van der Waals surface area contributed by atoms with Crippen molar-refractivity contribution in [2.24, 2.45) is 0 Å². The molecule has 0 aliphatic carbocycles. The second kappa shape index (κ2) is 23.1. The van der Waals surface area contributed by atoms with Crippen LogP contribution in [0.1, 0.15) is 82.2 Å². The van der Waals surface area contributed by atoms with Gasteiger partial charge in [0.1, 0.15) is 82.6 Å². The Labute approximate surface area is 505 Å². The number of benzene rings is 7. The number of aliphatic carboxylic acids is 1. The Kier molecular flexibility index (Phi) is 15.5. The van der Waals surface area contributed by atoms with Gasteiger partial charge in [0, 0.05) is 42.2 Å². The van der Waals surface area contributed by atoms with E-state index in [2.05, 4.69) is 37.2 Å². The predicted molar refractivity (Wildman–Crippen MR) is 305 cm³/mol. The van der Waals surface area contributed by atoms with E-state index < -0.39 is 165 Å². The van der Waals surface area contributed by atoms with Crippen LogP contribution in [0.2, 0.25) is 10.0 Å². The molecule has 17 bridgehead atoms. The van der Waals surface area contributed by atoms with E-state index in [1.54, 1.807) is 0 Å². The smallest absolute Gasteiger partial charge is 0.330 e. The van der Waals surface area contributed by atoms with Crippen LogP contribution in [0.4, 0.5) is 0 Å². The van der Waals surface area contributed by atoms with Crippen LogP contribution in [0.5, 0.6) is 69.0 Å². The molecule has 26 nitrogen and oxygen atoms in total. The van der Waals surface area contributed by atoms with Gasteiger partial charge in [0.25, 0.3) is 0 Å². The maximum Gasteiger partial charge on any atom is 0.330 e. The Hall–Kier alpha value is -11.0. The number of carboxylic acid groups (broad SMARTS) is 1. The first-order valence-electron chi connectivity index (χ1n) is 26.4. The first-order chi connectivity index (χ1) is 41.9. The van der Waals surface area contributed by atoms with Crippen molar-refractivity contribution in [3.8, 4) is 80.1 Å². The molecular weight excluding hydrogens is 1190 g/mol. The third-order valence-corrected chi connectivity index (χ3v) is 15.3. The number of carboxylic acids is 1. The van der Waals surface area contributed by atoms with Gasteiger partial charge < -0.3 is 92.3 Å². The Balaban J connectivity index is 1.14. The number of fused-ring (bicyclic) bond motifs is 14. The number of hydrogen-bond donors (Lipinski definition) is 15. The molecule has 13 rings (SSSR count). The number of hydrogen-bond acceptors (Lipinski definition) is 18. The van der Waals surface area contributed by atoms with Gasteiger partial charge in [0.2, 0.25) is 47.1 Å². The van der Waals surface area contributed by atoms with Crippen molar-refractivity contribution >= 4 is 70.5 Å². The first-order valence-corrected chi connectivity index (χ1v) is 27.2. The van der Waals surface area contributed by atoms with Gasteiger partial charge in [0.15, 0.2) is 29.0 Å². The number of phenolic OH excluding ortho intramolecular Hbond substituents is 6. The number of phenols is 6. The molecule has 28 heteroatoms. The molecule has 0 aromatic heterocycles. The van der Waals surface area contributed by atoms with Crippen LogP contribution >= 0.6 is 23.2 Å². The lowest BCUT2D eigenvalue weighted by molar-refractivity contribution is -0.143. The van der Waals surface area contributed by atoms with Crippen LogP contribution in [0.3, 0.4) is 0 Å². The predicted octanol–water partition coefficient (Wildman–Crippen LogP) is 5.16. The van der Waals surface area contributed by atoms with Crippen LogP contribution in [0.25, 0.3) is 11.1 Å². The fraction of sp³-hybridized carbons (Fsp3) is 0.167. The molecule has 6 aliphatic rings. The molecule has 7 amide bonds. The summed E-state index contributed by atoms with van der Waals surface area (Å²) in [5, 5.41) is 108. The number of aliphatic hydroxyl groups is 1. The Morgan fingerprint density at radius 3 is 1.75 bits per heavy atom. The van der Waals surface area contributed by atoms with Crippen molar-refractivity contribution in [3.63, 3.8) is 0 Å². The molecule has 0 spiro atoms. The van der Waals surface area contributed by atoms with Crippen LogP contribution in [0, 0.1) is 0 Å². The summed E-state index contributed by atoms with van der Waals surface area (Å²) in [5.74, 6) is -16.1. The Morgan fingerprint density at radius 2 is 1.09 bits per heavy atom. The summed E-state index contributed by atoms with van der Waals surface area (Å²) in [5.41, 5.74) is -2.21. The van der Waals surface area contributed by atoms with E-state index in [9.17, 15) is 60.0 Å². The van der Waals surface area contributed by atoms with Crippen LogP contribution in [0.15, 0.2) is 115 Å². The van der Waals surface area contributed by atoms with E-state index in [-0.39, 0.29) is 66.4 Å². The van der Waals surface area contributed by atoms with Crippen molar-refractivity contribution in [2.75, 3.05) is 0 Å². The monoisotopic (exact) mass is 1240 g/mol. The lowest BCUT2D eigenvalue weighted by atomic mass is 9.89. The zero-order valence-electron chi connectivity index (χ0n) is 45.1. The number of ether oxygens (including phenoxy) is 3. The van der Waals surface area contributed by atoms with Crippen LogP contribution in [-0.4, -0.2) is 100 Å². The number of carbonyl (C=O) groups is 8. The maximum atomic E-state index is 15.7. The number of aromatic hydroxyl groups is 6. The SMILES string of the molecule is CC(=O)[15NH][C@@H]1C(=O)N[C@@H]2Cc3ccc(c(Cl)c3)Oc3cc4cc(c3O)Oc3ccc(cc3Cl)[C@@H](O)[C@@H]3NC(=O)[C@H](NC(=O)[C@@H]4NC(=O)[C@@H](NC2=O)c2cc(O)cc(c2)Oc2cc1ccc2O)c1ccc(O)c(c1)-c1c(O)cc(O)cc1[C@@H](C(=O)O)NC3=O. The van der Waals surface area contributed by atoms with Crippen molar-refractivity contribution in [2.45, 2.75) is 61.7 Å². The van der Waals surface area contributed by atoms with Gasteiger partial charge in [-0.05, 0) is 112 Å². The molecule has 0 fully saturated rings. The maximum absolute atomic E-state index is 15.7. The lowest BCUT2D eigenvalue weighted by Crippen LogP contribution is -2.55. The molecule has 0 unspecified atom stereocenters. The highest BCUT2D eigenvalue weighted by atomic mass is 35.5. The van der Waals surface area contributed by atoms with Gasteiger partial charge in [-0.25, -0.2) is 4.79 Å². The normalized spacial score (nSPS) is 21.6. The fourth-order valence-corrected chi connectivity index (χ4v) is 11.0. The van der Waals surface area contributed by atoms with E-state index in [4.69, 9.17) is 37.4 Å². The topological polar surface area (TPSA) is 410 Å². The number of amides is 7. The second-order valence-corrected chi connectivity index (χ2v) is 21.6. The van der Waals surface area contributed by atoms with Gasteiger partial charge >= 0.3 is 5.97 Å². The molecule has 6 aliphatic heterocycles. The van der Waals surface area contributed by atoms with Crippen molar-refractivity contribution in [1.82, 2.24) is 37.2 Å². The third kappa shape index (κ3) is 11.5. The first kappa shape index (κ1) is 58.8. The van der Waals surface area contributed by atoms with Gasteiger partial charge in [-0.3, -0.25) is 33.6 Å². The molecular formula is C60H47Cl2N7O19. The quantitative estimate of drug-likeness (QED) is 0.0994. The molecule has 6 heterocycles. The number of halogens is 2. The van der Waals surface area contributed by atoms with Crippen LogP contribution < -0.4 is 51.4 Å². The average Bonchev–Trinajstić information content (AvgIpc) is 2.48. The molecule has 7 aromatic carbocycles. The minimum atomic E-state index is -2.21. The van der Waals surface area contributed by atoms with Crippen molar-refractivity contribution in [1.29, 1.82) is 0 Å². The molecule has 88 heavy (non-hydrogen) atoms. The molecule has 8 atom stereocenters. The number of aliphatic hydroxyl groups excluding tert-OH is 1. The number of nitrogens with one attached hydrogen (secondary N) is 7. The third-order valence-electron chi connectivity index (χ3n) is 14.7. The highest BCUT2D eigenvalue weighted by Gasteiger charge is 2.41. The molecule has 0 saturated carbocycles. The lowest BCUT2D eigenvalue weighted by Gasteiger charge is -2.31. The molecule has 7 aromatic rings. The number of rotatable bonds is 2. The summed E-state index contributed by atoms with van der Waals surface area (Å²) in [7, 11) is 0. The fourth-order valence-electron chi connectivity index (χ4n) is 10.6. The van der Waals surface area contributed by atoms with E-state index >= 15 is 19.2 Å². The molecule has 450 valence electrons. The van der Waals surface area contributed by atoms with Gasteiger partial charge in [-0.15, -0.1) is 0 Å². The van der Waals surface area contributed by atoms with Gasteiger partial charge in [-0.2, -0.15) is 0 Å². The molecule has 0 radical (unpaired) electrons. The minimum absolute atomic E-state index is 0.0595. The average molecular weight is 1240 g/mol. The Morgan fingerprint density at radius 1 is 0.511 bits per heavy atom. The number of carbonyl (C=O) groups excluding carboxylic acids is 7. The van der Waals surface area contributed by atoms with Crippen molar-refractivity contribution < 1.29 is 93.4 Å². The summed E-state index contributed by atoms with van der Waals surface area (Å²) < 4.78 is 18.5. The van der Waals surface area contributed by atoms with E-state index in [0.29, 0.717) is 0 Å². The zero-order chi connectivity index (χ0) is 62.7. The summed E-state index contributed by atoms with van der Waals surface area (Å²) in [6.45, 7) is 1.13. The zero-order valence-corrected chi connectivity index (χ0v) is 46.6. The summed E-state index contributed by atoms with van der Waals surface area (Å²) in [6.07, 6.45) is -2.54. The summed E-state index contributed by atoms with van der Waals surface area (Å²) >= 11 is 13.7. The summed E-state index contributed by atoms with van der Waals surface area (Å²) in [4.78, 5) is 116. The highest BCUT2D eigenvalue weighted by Crippen LogP contribution is 2.48. The van der Waals surface area contributed by atoms with Gasteiger partial charge in [0.05, 0.1) is 10.0 Å². The minimum Gasteiger partial charge on any atom is -0.508 e. The van der Waals surface area contributed by atoms with E-state index in [0.717, 1.165) is 73.7 Å². The van der Waals surface area contributed by atoms with E-state index in [1.807, 2.05) is 0 Å². The Bertz CT molecular complexity index is 4170. The standard InChI is InChI=1S/C60H47Cl2N7O19/c1-22(70)63-46-25-4-7-38(74)42(16-25)86-31-13-27(12-29(71)19-31)48-57(81)67-49-28-17-43(87-40-8-2-23(10-34(40)61)11-36(54(78)65-48)64-55(46)79)53(77)44(18-28)88-41-9-5-26(15-35(41)62)52(76)51-59(83)68-50(60(84)85)33-20-30(72)21-39(75)45(33)32-14-24(3-6-37(32)73)47(56(80)69-51)66-58(49)82/h2-10,12-21,36,46-52,71-77H,11H2,1H3,(H,63,70)(H,64,79)(H,65,78)(H,66,82)(H,67,81)(H,68,83)(H,69,80)(H,84,85)/t36-,46+,47-,48+,49-,50+,51+,52-/m1/s1/i63+1. The highest BCUT2D eigenvalue weighted by molar-refractivity contribution is 6.32. The second-order valence-electron chi connectivity index (χ2n) is 20.8. The molecule has 15 N–H and O–H groups in total.